The zero-order valence-corrected chi connectivity index (χ0v) is 10.6. The highest BCUT2D eigenvalue weighted by Crippen LogP contribution is 2.30. The predicted molar refractivity (Wildman–Crippen MR) is 65.9 cm³/mol. The van der Waals surface area contributed by atoms with Crippen LogP contribution in [0, 0.1) is 0 Å². The standard InChI is InChI=1S/C12H11F3N2OS/c13-12(14,15)8-17-6-5-16-11(17)7-19-10-4-2-1-3-9(10)18/h1-6,18H,7-8H2. The maximum absolute atomic E-state index is 12.3. The summed E-state index contributed by atoms with van der Waals surface area (Å²) < 4.78 is 38.1. The van der Waals surface area contributed by atoms with Gasteiger partial charge in [0.25, 0.3) is 0 Å². The summed E-state index contributed by atoms with van der Waals surface area (Å²) in [6.45, 7) is -1.05. The van der Waals surface area contributed by atoms with E-state index >= 15 is 0 Å². The van der Waals surface area contributed by atoms with Crippen molar-refractivity contribution in [3.63, 3.8) is 0 Å². The van der Waals surface area contributed by atoms with Crippen molar-refractivity contribution in [2.45, 2.75) is 23.4 Å². The predicted octanol–water partition coefficient (Wildman–Crippen LogP) is 3.44. The molecule has 0 spiro atoms. The molecule has 3 nitrogen and oxygen atoms in total. The lowest BCUT2D eigenvalue weighted by atomic mass is 10.3. The van der Waals surface area contributed by atoms with Gasteiger partial charge in [-0.25, -0.2) is 4.98 Å². The van der Waals surface area contributed by atoms with Crippen LogP contribution in [0.25, 0.3) is 0 Å². The van der Waals surface area contributed by atoms with Crippen LogP contribution in [0.4, 0.5) is 13.2 Å². The lowest BCUT2D eigenvalue weighted by Crippen LogP contribution is -2.18. The minimum Gasteiger partial charge on any atom is -0.507 e. The lowest BCUT2D eigenvalue weighted by molar-refractivity contribution is -0.140. The van der Waals surface area contributed by atoms with Gasteiger partial charge in [0.15, 0.2) is 0 Å². The number of phenolic OH excluding ortho intramolecular Hbond substituents is 1. The van der Waals surface area contributed by atoms with Gasteiger partial charge >= 0.3 is 6.18 Å². The molecule has 2 aromatic rings. The third-order valence-electron chi connectivity index (χ3n) is 2.37. The Hall–Kier alpha value is -1.63. The average Bonchev–Trinajstić information content (AvgIpc) is 2.73. The van der Waals surface area contributed by atoms with Crippen molar-refractivity contribution in [1.82, 2.24) is 9.55 Å². The summed E-state index contributed by atoms with van der Waals surface area (Å²) in [6.07, 6.45) is -1.63. The molecule has 0 bridgehead atoms. The summed E-state index contributed by atoms with van der Waals surface area (Å²) in [4.78, 5) is 4.52. The van der Waals surface area contributed by atoms with Crippen LogP contribution in [-0.2, 0) is 12.3 Å². The van der Waals surface area contributed by atoms with Crippen molar-refractivity contribution in [2.75, 3.05) is 0 Å². The molecule has 1 aromatic carbocycles. The first kappa shape index (κ1) is 13.8. The first-order valence-electron chi connectivity index (χ1n) is 5.43. The number of aromatic hydroxyl groups is 1. The molecule has 1 aromatic heterocycles. The number of phenols is 1. The second-order valence-corrected chi connectivity index (χ2v) is 4.86. The van der Waals surface area contributed by atoms with Gasteiger partial charge in [0.2, 0.25) is 0 Å². The van der Waals surface area contributed by atoms with E-state index in [1.807, 2.05) is 0 Å². The van der Waals surface area contributed by atoms with Crippen LogP contribution in [-0.4, -0.2) is 20.8 Å². The smallest absolute Gasteiger partial charge is 0.406 e. The van der Waals surface area contributed by atoms with Gasteiger partial charge in [0.05, 0.1) is 5.75 Å². The second kappa shape index (κ2) is 5.56. The van der Waals surface area contributed by atoms with Crippen LogP contribution < -0.4 is 0 Å². The van der Waals surface area contributed by atoms with Crippen molar-refractivity contribution in [2.24, 2.45) is 0 Å². The fourth-order valence-electron chi connectivity index (χ4n) is 1.54. The van der Waals surface area contributed by atoms with Crippen LogP contribution in [0.15, 0.2) is 41.6 Å². The number of aromatic nitrogens is 2. The Morgan fingerprint density at radius 2 is 2.00 bits per heavy atom. The number of benzene rings is 1. The monoisotopic (exact) mass is 288 g/mol. The van der Waals surface area contributed by atoms with Gasteiger partial charge in [-0.15, -0.1) is 11.8 Å². The molecule has 1 N–H and O–H groups in total. The number of rotatable bonds is 4. The summed E-state index contributed by atoms with van der Waals surface area (Å²) in [7, 11) is 0. The molecule has 0 fully saturated rings. The summed E-state index contributed by atoms with van der Waals surface area (Å²) in [5.74, 6) is 0.702. The summed E-state index contributed by atoms with van der Waals surface area (Å²) in [5, 5.41) is 9.57. The fraction of sp³-hybridized carbons (Fsp3) is 0.250. The topological polar surface area (TPSA) is 38.1 Å². The third kappa shape index (κ3) is 3.92. The SMILES string of the molecule is Oc1ccccc1SCc1nccn1CC(F)(F)F. The highest BCUT2D eigenvalue weighted by molar-refractivity contribution is 7.98. The van der Waals surface area contributed by atoms with E-state index in [4.69, 9.17) is 0 Å². The van der Waals surface area contributed by atoms with Crippen molar-refractivity contribution in [1.29, 1.82) is 0 Å². The van der Waals surface area contributed by atoms with Gasteiger partial charge in [0, 0.05) is 17.3 Å². The van der Waals surface area contributed by atoms with E-state index in [1.165, 1.54) is 30.2 Å². The molecule has 102 valence electrons. The van der Waals surface area contributed by atoms with Crippen molar-refractivity contribution < 1.29 is 18.3 Å². The Kier molecular flexibility index (Phi) is 4.04. The van der Waals surface area contributed by atoms with Crippen LogP contribution >= 0.6 is 11.8 Å². The molecule has 1 heterocycles. The molecule has 0 amide bonds. The Bertz CT molecular complexity index is 554. The average molecular weight is 288 g/mol. The minimum absolute atomic E-state index is 0.112. The van der Waals surface area contributed by atoms with E-state index in [9.17, 15) is 18.3 Å². The van der Waals surface area contributed by atoms with Crippen LogP contribution in [0.1, 0.15) is 5.82 Å². The van der Waals surface area contributed by atoms with Crippen LogP contribution in [0.3, 0.4) is 0 Å². The molecule has 0 aliphatic heterocycles. The van der Waals surface area contributed by atoms with Crippen molar-refractivity contribution in [3.05, 3.63) is 42.5 Å². The van der Waals surface area contributed by atoms with E-state index in [1.54, 1.807) is 18.2 Å². The van der Waals surface area contributed by atoms with E-state index in [2.05, 4.69) is 4.98 Å². The maximum atomic E-state index is 12.3. The largest absolute Gasteiger partial charge is 0.507 e. The van der Waals surface area contributed by atoms with Crippen molar-refractivity contribution in [3.8, 4) is 5.75 Å². The van der Waals surface area contributed by atoms with Gasteiger partial charge in [-0.2, -0.15) is 13.2 Å². The van der Waals surface area contributed by atoms with E-state index in [-0.39, 0.29) is 11.5 Å². The molecule has 7 heteroatoms. The molecule has 0 aliphatic carbocycles. The highest BCUT2D eigenvalue weighted by atomic mass is 32.2. The van der Waals surface area contributed by atoms with E-state index in [0.717, 1.165) is 4.57 Å². The molecular formula is C12H11F3N2OS. The van der Waals surface area contributed by atoms with Crippen LogP contribution in [0.5, 0.6) is 5.75 Å². The third-order valence-corrected chi connectivity index (χ3v) is 3.43. The Balaban J connectivity index is 2.05. The van der Waals surface area contributed by atoms with Gasteiger partial charge in [-0.05, 0) is 12.1 Å². The summed E-state index contributed by atoms with van der Waals surface area (Å²) in [6, 6.07) is 6.68. The molecule has 0 saturated heterocycles. The summed E-state index contributed by atoms with van der Waals surface area (Å²) in [5.41, 5.74) is 0. The first-order chi connectivity index (χ1) is 8.96. The van der Waals surface area contributed by atoms with Crippen molar-refractivity contribution >= 4 is 11.8 Å². The minimum atomic E-state index is -4.27. The second-order valence-electron chi connectivity index (χ2n) is 3.84. The molecule has 0 atom stereocenters. The molecule has 19 heavy (non-hydrogen) atoms. The quantitative estimate of drug-likeness (QED) is 0.876. The fourth-order valence-corrected chi connectivity index (χ4v) is 2.45. The number of hydrogen-bond donors (Lipinski definition) is 1. The zero-order valence-electron chi connectivity index (χ0n) is 9.76. The molecular weight excluding hydrogens is 277 g/mol. The molecule has 0 saturated carbocycles. The van der Waals surface area contributed by atoms with Crippen LogP contribution in [0.2, 0.25) is 0 Å². The number of halogens is 3. The number of nitrogens with zero attached hydrogens (tertiary/aromatic N) is 2. The highest BCUT2D eigenvalue weighted by Gasteiger charge is 2.28. The van der Waals surface area contributed by atoms with Gasteiger partial charge in [-0.3, -0.25) is 0 Å². The Labute approximate surface area is 112 Å². The number of imidazole rings is 1. The Morgan fingerprint density at radius 3 is 2.68 bits per heavy atom. The number of hydrogen-bond acceptors (Lipinski definition) is 3. The maximum Gasteiger partial charge on any atom is 0.406 e. The van der Waals surface area contributed by atoms with E-state index < -0.39 is 12.7 Å². The lowest BCUT2D eigenvalue weighted by Gasteiger charge is -2.10. The molecule has 2 rings (SSSR count). The first-order valence-corrected chi connectivity index (χ1v) is 6.42. The molecule has 0 aliphatic rings. The molecule has 0 unspecified atom stereocenters. The van der Waals surface area contributed by atoms with Gasteiger partial charge in [-0.1, -0.05) is 12.1 Å². The van der Waals surface area contributed by atoms with Gasteiger partial charge < -0.3 is 9.67 Å². The number of thioether (sulfide) groups is 1. The summed E-state index contributed by atoms with van der Waals surface area (Å²) >= 11 is 1.24. The number of alkyl halides is 3. The Morgan fingerprint density at radius 1 is 1.26 bits per heavy atom. The molecule has 0 radical (unpaired) electrons. The zero-order chi connectivity index (χ0) is 13.9. The van der Waals surface area contributed by atoms with Gasteiger partial charge in [0.1, 0.15) is 18.1 Å². The van der Waals surface area contributed by atoms with E-state index in [0.29, 0.717) is 10.7 Å². The normalized spacial score (nSPS) is 11.7. The number of para-hydroxylation sites is 1.